The molecule has 2 aliphatic heterocycles. The van der Waals surface area contributed by atoms with Crippen LogP contribution in [-0.2, 0) is 11.0 Å². The molecule has 0 aromatic heterocycles. The minimum atomic E-state index is -0.781. The first-order valence-electron chi connectivity index (χ1n) is 20.0. The van der Waals surface area contributed by atoms with Gasteiger partial charge >= 0.3 is 0 Å². The van der Waals surface area contributed by atoms with Crippen LogP contribution in [0, 0.1) is 11.8 Å². The molecular formula is C50H45NO. The summed E-state index contributed by atoms with van der Waals surface area (Å²) in [4.78, 5) is 2.56. The predicted octanol–water partition coefficient (Wildman–Crippen LogP) is 12.2. The van der Waals surface area contributed by atoms with Crippen LogP contribution in [-0.4, -0.2) is 13.1 Å². The van der Waals surface area contributed by atoms with Crippen LogP contribution in [0.1, 0.15) is 103 Å². The average molecular weight is 676 g/mol. The average Bonchev–Trinajstić information content (AvgIpc) is 3.83. The van der Waals surface area contributed by atoms with Crippen LogP contribution < -0.4 is 9.64 Å². The van der Waals surface area contributed by atoms with Gasteiger partial charge in [-0.3, -0.25) is 0 Å². The molecule has 6 aromatic carbocycles. The number of benzene rings is 6. The summed E-state index contributed by atoms with van der Waals surface area (Å²) in [6, 6.07) is 39.4. The van der Waals surface area contributed by atoms with Gasteiger partial charge in [-0.05, 0) is 130 Å². The Morgan fingerprint density at radius 3 is 2.23 bits per heavy atom. The zero-order valence-corrected chi connectivity index (χ0v) is 30.3. The Bertz CT molecular complexity index is 2510. The number of fused-ring (bicyclic) bond motifs is 11. The molecule has 4 aliphatic carbocycles. The van der Waals surface area contributed by atoms with Gasteiger partial charge in [0.1, 0.15) is 5.75 Å². The molecule has 2 heterocycles. The molecule has 3 fully saturated rings. The first-order chi connectivity index (χ1) is 25.5. The molecular weight excluding hydrogens is 631 g/mol. The SMILES string of the molecule is CC1(C)c2cccc3c2-c2c(c4c(c5cccc1c25)OC(c1ccc(N2CCCCC2)cc1)(c1cccc2ccccc12)C=C4)C1C2CCC(C2)C31. The zero-order valence-electron chi connectivity index (χ0n) is 30.3. The maximum absolute atomic E-state index is 7.92. The Morgan fingerprint density at radius 2 is 1.37 bits per heavy atom. The highest BCUT2D eigenvalue weighted by molar-refractivity contribution is 6.11. The second-order valence-corrected chi connectivity index (χ2v) is 17.3. The van der Waals surface area contributed by atoms with Crippen molar-refractivity contribution in [1.29, 1.82) is 0 Å². The van der Waals surface area contributed by atoms with Crippen molar-refractivity contribution in [3.63, 3.8) is 0 Å². The fraction of sp³-hybridized carbons (Fsp3) is 0.320. The van der Waals surface area contributed by atoms with E-state index < -0.39 is 5.60 Å². The number of hydrogen-bond acceptors (Lipinski definition) is 2. The molecule has 52 heavy (non-hydrogen) atoms. The maximum Gasteiger partial charge on any atom is 0.178 e. The Morgan fingerprint density at radius 1 is 0.654 bits per heavy atom. The summed E-state index contributed by atoms with van der Waals surface area (Å²) in [6.07, 6.45) is 12.9. The molecule has 12 rings (SSSR count). The van der Waals surface area contributed by atoms with Gasteiger partial charge in [-0.25, -0.2) is 0 Å². The Kier molecular flexibility index (Phi) is 5.95. The van der Waals surface area contributed by atoms with Crippen LogP contribution >= 0.6 is 0 Å². The third-order valence-corrected chi connectivity index (χ3v) is 14.6. The van der Waals surface area contributed by atoms with E-state index in [-0.39, 0.29) is 5.41 Å². The van der Waals surface area contributed by atoms with E-state index in [2.05, 4.69) is 134 Å². The minimum absolute atomic E-state index is 0.102. The third kappa shape index (κ3) is 3.71. The number of piperidine rings is 1. The second-order valence-electron chi connectivity index (χ2n) is 17.3. The highest BCUT2D eigenvalue weighted by Crippen LogP contribution is 2.70. The summed E-state index contributed by atoms with van der Waals surface area (Å²) in [7, 11) is 0. The molecule has 2 heteroatoms. The Labute approximate surface area is 307 Å². The van der Waals surface area contributed by atoms with E-state index in [1.807, 2.05) is 0 Å². The Balaban J connectivity index is 1.15. The molecule has 0 radical (unpaired) electrons. The molecule has 2 saturated carbocycles. The molecule has 0 spiro atoms. The lowest BCUT2D eigenvalue weighted by molar-refractivity contribution is 0.164. The number of rotatable bonds is 3. The number of nitrogens with zero attached hydrogens (tertiary/aromatic N) is 1. The standard InChI is InChI=1S/C50H45NO/c1-49(2)40-17-9-14-36-42-31-19-20-32(29-31)43(42)46-38-25-26-50(39-16-8-12-30-11-4-5-13-35(30)39,33-21-23-34(24-22-33)51-27-6-3-7-28-51)52-48(38)37-15-10-18-41(49)45(37)47(46)44(36)40/h4-5,8-18,21-26,31-32,42-43H,3,6-7,19-20,27-29H2,1-2H3. The van der Waals surface area contributed by atoms with Crippen LogP contribution in [0.4, 0.5) is 5.69 Å². The molecule has 2 nitrogen and oxygen atoms in total. The molecule has 6 aromatic rings. The van der Waals surface area contributed by atoms with Gasteiger partial charge in [0.05, 0.1) is 0 Å². The fourth-order valence-electron chi connectivity index (χ4n) is 12.4. The topological polar surface area (TPSA) is 12.5 Å². The van der Waals surface area contributed by atoms with E-state index in [1.165, 1.54) is 99.1 Å². The van der Waals surface area contributed by atoms with E-state index in [0.29, 0.717) is 11.8 Å². The monoisotopic (exact) mass is 675 g/mol. The lowest BCUT2D eigenvalue weighted by Crippen LogP contribution is -2.36. The summed E-state index contributed by atoms with van der Waals surface area (Å²) >= 11 is 0. The van der Waals surface area contributed by atoms with Crippen LogP contribution in [0.3, 0.4) is 0 Å². The van der Waals surface area contributed by atoms with Gasteiger partial charge in [-0.15, -0.1) is 0 Å². The van der Waals surface area contributed by atoms with Crippen molar-refractivity contribution in [1.82, 2.24) is 0 Å². The first kappa shape index (κ1) is 29.7. The number of anilines is 1. The summed E-state index contributed by atoms with van der Waals surface area (Å²) in [5.74, 6) is 3.75. The van der Waals surface area contributed by atoms with Gasteiger partial charge < -0.3 is 9.64 Å². The van der Waals surface area contributed by atoms with Gasteiger partial charge in [0.15, 0.2) is 5.60 Å². The van der Waals surface area contributed by atoms with Crippen molar-refractivity contribution >= 4 is 33.3 Å². The maximum atomic E-state index is 7.92. The van der Waals surface area contributed by atoms with Gasteiger partial charge in [0.25, 0.3) is 0 Å². The van der Waals surface area contributed by atoms with Crippen molar-refractivity contribution in [3.05, 3.63) is 148 Å². The fourth-order valence-corrected chi connectivity index (χ4v) is 12.4. The van der Waals surface area contributed by atoms with Crippen LogP contribution in [0.25, 0.3) is 38.7 Å². The summed E-state index contributed by atoms with van der Waals surface area (Å²) in [6.45, 7) is 7.19. The molecule has 1 saturated heterocycles. The van der Waals surface area contributed by atoms with Crippen LogP contribution in [0.2, 0.25) is 0 Å². The summed E-state index contributed by atoms with van der Waals surface area (Å²) in [5, 5.41) is 5.19. The minimum Gasteiger partial charge on any atom is -0.472 e. The van der Waals surface area contributed by atoms with Crippen LogP contribution in [0.15, 0.2) is 109 Å². The molecule has 6 aliphatic rings. The molecule has 2 bridgehead atoms. The van der Waals surface area contributed by atoms with Crippen molar-refractivity contribution < 1.29 is 4.74 Å². The third-order valence-electron chi connectivity index (χ3n) is 14.6. The highest BCUT2D eigenvalue weighted by atomic mass is 16.5. The smallest absolute Gasteiger partial charge is 0.178 e. The van der Waals surface area contributed by atoms with Gasteiger partial charge in [0, 0.05) is 46.3 Å². The molecule has 0 N–H and O–H groups in total. The van der Waals surface area contributed by atoms with Crippen LogP contribution in [0.5, 0.6) is 5.75 Å². The second kappa shape index (κ2) is 10.4. The number of ether oxygens (including phenoxy) is 1. The van der Waals surface area contributed by atoms with Gasteiger partial charge in [-0.1, -0.05) is 111 Å². The quantitative estimate of drug-likeness (QED) is 0.185. The molecule has 0 amide bonds. The summed E-state index contributed by atoms with van der Waals surface area (Å²) < 4.78 is 7.92. The first-order valence-corrected chi connectivity index (χ1v) is 20.0. The van der Waals surface area contributed by atoms with Crippen molar-refractivity contribution in [2.75, 3.05) is 18.0 Å². The molecule has 5 atom stereocenters. The van der Waals surface area contributed by atoms with E-state index in [4.69, 9.17) is 4.74 Å². The number of hydrogen-bond donors (Lipinski definition) is 0. The van der Waals surface area contributed by atoms with E-state index in [1.54, 1.807) is 16.7 Å². The zero-order chi connectivity index (χ0) is 34.3. The van der Waals surface area contributed by atoms with Gasteiger partial charge in [0.2, 0.25) is 0 Å². The molecule has 256 valence electrons. The van der Waals surface area contributed by atoms with Crippen molar-refractivity contribution in [2.24, 2.45) is 11.8 Å². The largest absolute Gasteiger partial charge is 0.472 e. The normalized spacial score (nSPS) is 27.1. The Hall–Kier alpha value is -4.82. The highest BCUT2D eigenvalue weighted by Gasteiger charge is 2.55. The van der Waals surface area contributed by atoms with E-state index >= 15 is 0 Å². The van der Waals surface area contributed by atoms with Crippen molar-refractivity contribution in [2.45, 2.75) is 75.2 Å². The van der Waals surface area contributed by atoms with Crippen molar-refractivity contribution in [3.8, 4) is 16.9 Å². The van der Waals surface area contributed by atoms with E-state index in [0.717, 1.165) is 30.7 Å². The predicted molar refractivity (Wildman–Crippen MR) is 215 cm³/mol. The van der Waals surface area contributed by atoms with E-state index in [9.17, 15) is 0 Å². The van der Waals surface area contributed by atoms with Gasteiger partial charge in [-0.2, -0.15) is 0 Å². The summed E-state index contributed by atoms with van der Waals surface area (Å²) in [5.41, 5.74) is 13.4. The lowest BCUT2D eigenvalue weighted by atomic mass is 9.58. The molecule has 5 unspecified atom stereocenters. The lowest BCUT2D eigenvalue weighted by Gasteiger charge is -2.47.